The first-order valence-electron chi connectivity index (χ1n) is 13.6. The Hall–Kier alpha value is -4.36. The molecule has 5 rings (SSSR count). The average Bonchev–Trinajstić information content (AvgIpc) is 3.38. The van der Waals surface area contributed by atoms with Crippen molar-refractivity contribution in [3.05, 3.63) is 117 Å². The zero-order valence-corrected chi connectivity index (χ0v) is 25.4. The van der Waals surface area contributed by atoms with E-state index in [1.54, 1.807) is 72.8 Å². The van der Waals surface area contributed by atoms with E-state index in [9.17, 15) is 19.6 Å². The van der Waals surface area contributed by atoms with Crippen LogP contribution in [0.1, 0.15) is 44.8 Å². The first-order valence-corrected chi connectivity index (χ1v) is 15.8. The van der Waals surface area contributed by atoms with Crippen LogP contribution in [0.2, 0.25) is 5.02 Å². The number of hydrogen-bond acceptors (Lipinski definition) is 6. The number of benzene rings is 3. The Labute approximate surface area is 263 Å². The van der Waals surface area contributed by atoms with Crippen LogP contribution in [-0.4, -0.2) is 23.5 Å². The molecule has 1 aliphatic carbocycles. The van der Waals surface area contributed by atoms with E-state index in [-0.39, 0.29) is 17.4 Å². The van der Waals surface area contributed by atoms with Crippen molar-refractivity contribution in [2.45, 2.75) is 30.6 Å². The SMILES string of the molecule is N#Cc1c(NC(=O)CSc2cccc(NC(=O)/C(=C\c3ccccc3Cl)NC(=O)c3ccccc3)c2)sc2c1CCCC2. The number of nitriles is 1. The van der Waals surface area contributed by atoms with Gasteiger partial charge in [0.15, 0.2) is 0 Å². The molecule has 0 fully saturated rings. The number of thioether (sulfide) groups is 1. The summed E-state index contributed by atoms with van der Waals surface area (Å²) in [6.07, 6.45) is 5.52. The predicted octanol–water partition coefficient (Wildman–Crippen LogP) is 7.29. The molecule has 1 aliphatic rings. The number of thiophene rings is 1. The smallest absolute Gasteiger partial charge is 0.272 e. The summed E-state index contributed by atoms with van der Waals surface area (Å²) in [6, 6.07) is 25.0. The lowest BCUT2D eigenvalue weighted by molar-refractivity contribution is -0.114. The van der Waals surface area contributed by atoms with Gasteiger partial charge >= 0.3 is 0 Å². The van der Waals surface area contributed by atoms with E-state index < -0.39 is 11.8 Å². The topological polar surface area (TPSA) is 111 Å². The number of aryl methyl sites for hydroxylation is 1. The number of halogens is 1. The average molecular weight is 627 g/mol. The summed E-state index contributed by atoms with van der Waals surface area (Å²) in [5.41, 5.74) is 3.15. The Morgan fingerprint density at radius 1 is 0.953 bits per heavy atom. The summed E-state index contributed by atoms with van der Waals surface area (Å²) in [4.78, 5) is 41.0. The standard InChI is InChI=1S/C33H27ClN4O3S2/c34-27-15-6-4-11-22(27)17-28(37-31(40)21-9-2-1-3-10-21)32(41)36-23-12-8-13-24(18-23)42-20-30(39)38-33-26(19-35)25-14-5-7-16-29(25)43-33/h1-4,6,8-13,15,17-18H,5,7,14,16,20H2,(H,36,41)(H,37,40)(H,38,39)/b28-17+. The minimum atomic E-state index is -0.533. The number of rotatable bonds is 9. The summed E-state index contributed by atoms with van der Waals surface area (Å²) in [5.74, 6) is -1.04. The molecule has 1 aromatic heterocycles. The van der Waals surface area contributed by atoms with E-state index in [1.807, 2.05) is 6.07 Å². The van der Waals surface area contributed by atoms with Crippen molar-refractivity contribution in [3.8, 4) is 6.07 Å². The summed E-state index contributed by atoms with van der Waals surface area (Å²) in [5, 5.41) is 19.2. The van der Waals surface area contributed by atoms with Gasteiger partial charge in [-0.05, 0) is 79.3 Å². The maximum absolute atomic E-state index is 13.4. The molecular weight excluding hydrogens is 600 g/mol. The molecule has 0 atom stereocenters. The Balaban J connectivity index is 1.26. The highest BCUT2D eigenvalue weighted by molar-refractivity contribution is 8.00. The molecule has 3 amide bonds. The maximum atomic E-state index is 13.4. The zero-order valence-electron chi connectivity index (χ0n) is 23.0. The molecular formula is C33H27ClN4O3S2. The van der Waals surface area contributed by atoms with Crippen LogP contribution >= 0.6 is 34.7 Å². The van der Waals surface area contributed by atoms with Crippen LogP contribution in [0.5, 0.6) is 0 Å². The van der Waals surface area contributed by atoms with Gasteiger partial charge in [-0.2, -0.15) is 5.26 Å². The van der Waals surface area contributed by atoms with Crippen LogP contribution in [0.4, 0.5) is 10.7 Å². The van der Waals surface area contributed by atoms with E-state index in [0.717, 1.165) is 36.1 Å². The van der Waals surface area contributed by atoms with Gasteiger partial charge in [0.05, 0.1) is 11.3 Å². The summed E-state index contributed by atoms with van der Waals surface area (Å²) in [6.45, 7) is 0. The van der Waals surface area contributed by atoms with E-state index in [4.69, 9.17) is 11.6 Å². The Bertz CT molecular complexity index is 1740. The van der Waals surface area contributed by atoms with E-state index in [2.05, 4.69) is 22.0 Å². The quantitative estimate of drug-likeness (QED) is 0.133. The second-order valence-electron chi connectivity index (χ2n) is 9.75. The van der Waals surface area contributed by atoms with Gasteiger partial charge in [0, 0.05) is 26.0 Å². The summed E-state index contributed by atoms with van der Waals surface area (Å²) >= 11 is 9.14. The molecule has 0 spiro atoms. The molecule has 1 heterocycles. The van der Waals surface area contributed by atoms with Crippen LogP contribution < -0.4 is 16.0 Å². The minimum absolute atomic E-state index is 0.0197. The molecule has 7 nitrogen and oxygen atoms in total. The van der Waals surface area contributed by atoms with Crippen LogP contribution in [-0.2, 0) is 22.4 Å². The highest BCUT2D eigenvalue weighted by Gasteiger charge is 2.22. The van der Waals surface area contributed by atoms with Crippen molar-refractivity contribution in [3.63, 3.8) is 0 Å². The van der Waals surface area contributed by atoms with Crippen molar-refractivity contribution in [1.29, 1.82) is 5.26 Å². The minimum Gasteiger partial charge on any atom is -0.321 e. The monoisotopic (exact) mass is 626 g/mol. The first kappa shape index (κ1) is 30.1. The van der Waals surface area contributed by atoms with Gasteiger partial charge in [0.1, 0.15) is 16.8 Å². The van der Waals surface area contributed by atoms with Gasteiger partial charge in [-0.15, -0.1) is 23.1 Å². The van der Waals surface area contributed by atoms with E-state index in [0.29, 0.717) is 32.4 Å². The van der Waals surface area contributed by atoms with Gasteiger partial charge < -0.3 is 16.0 Å². The zero-order chi connectivity index (χ0) is 30.2. The largest absolute Gasteiger partial charge is 0.321 e. The maximum Gasteiger partial charge on any atom is 0.272 e. The van der Waals surface area contributed by atoms with Gasteiger partial charge in [-0.3, -0.25) is 14.4 Å². The molecule has 3 N–H and O–H groups in total. The molecule has 4 aromatic rings. The van der Waals surface area contributed by atoms with E-state index >= 15 is 0 Å². The Kier molecular flexibility index (Phi) is 9.95. The predicted molar refractivity (Wildman–Crippen MR) is 173 cm³/mol. The number of fused-ring (bicyclic) bond motifs is 1. The van der Waals surface area contributed by atoms with Crippen molar-refractivity contribution in [1.82, 2.24) is 5.32 Å². The number of nitrogens with one attached hydrogen (secondary N) is 3. The molecule has 10 heteroatoms. The third-order valence-corrected chi connectivity index (χ3v) is 9.28. The Morgan fingerprint density at radius 3 is 2.51 bits per heavy atom. The molecule has 0 saturated carbocycles. The van der Waals surface area contributed by atoms with Crippen molar-refractivity contribution in [2.24, 2.45) is 0 Å². The van der Waals surface area contributed by atoms with Gasteiger partial charge in [-0.1, -0.05) is 54.1 Å². The number of carbonyl (C=O) groups is 3. The molecule has 0 bridgehead atoms. The lowest BCUT2D eigenvalue weighted by Gasteiger charge is -2.12. The number of hydrogen-bond donors (Lipinski definition) is 3. The van der Waals surface area contributed by atoms with Crippen molar-refractivity contribution in [2.75, 3.05) is 16.4 Å². The third-order valence-electron chi connectivity index (χ3n) is 6.73. The Morgan fingerprint density at radius 2 is 1.72 bits per heavy atom. The molecule has 0 saturated heterocycles. The third kappa shape index (κ3) is 7.73. The normalized spacial score (nSPS) is 12.5. The highest BCUT2D eigenvalue weighted by Crippen LogP contribution is 2.37. The fourth-order valence-electron chi connectivity index (χ4n) is 4.64. The molecule has 0 aliphatic heterocycles. The molecule has 3 aromatic carbocycles. The number of anilines is 2. The molecule has 0 unspecified atom stereocenters. The van der Waals surface area contributed by atoms with Gasteiger partial charge in [0.2, 0.25) is 5.91 Å². The lowest BCUT2D eigenvalue weighted by Crippen LogP contribution is -2.30. The number of amides is 3. The molecule has 43 heavy (non-hydrogen) atoms. The van der Waals surface area contributed by atoms with Gasteiger partial charge in [0.25, 0.3) is 11.8 Å². The summed E-state index contributed by atoms with van der Waals surface area (Å²) in [7, 11) is 0. The second-order valence-corrected chi connectivity index (χ2v) is 12.3. The van der Waals surface area contributed by atoms with Gasteiger partial charge in [-0.25, -0.2) is 0 Å². The fourth-order valence-corrected chi connectivity index (χ4v) is 6.84. The van der Waals surface area contributed by atoms with Crippen LogP contribution in [0.25, 0.3) is 6.08 Å². The van der Waals surface area contributed by atoms with Crippen LogP contribution in [0, 0.1) is 11.3 Å². The lowest BCUT2D eigenvalue weighted by atomic mass is 9.96. The van der Waals surface area contributed by atoms with Crippen molar-refractivity contribution < 1.29 is 14.4 Å². The molecule has 216 valence electrons. The fraction of sp³-hybridized carbons (Fsp3) is 0.152. The van der Waals surface area contributed by atoms with Crippen LogP contribution in [0.15, 0.2) is 89.5 Å². The number of nitrogens with zero attached hydrogens (tertiary/aromatic N) is 1. The van der Waals surface area contributed by atoms with Crippen LogP contribution in [0.3, 0.4) is 0 Å². The summed E-state index contributed by atoms with van der Waals surface area (Å²) < 4.78 is 0. The van der Waals surface area contributed by atoms with Crippen molar-refractivity contribution >= 4 is 69.2 Å². The molecule has 0 radical (unpaired) electrons. The first-order chi connectivity index (χ1) is 20.9. The second kappa shape index (κ2) is 14.2. The highest BCUT2D eigenvalue weighted by atomic mass is 35.5. The van der Waals surface area contributed by atoms with E-state index in [1.165, 1.54) is 34.1 Å². The number of carbonyl (C=O) groups excluding carboxylic acids is 3.